The molecule has 0 aromatic rings. The molecular weight excluding hydrogens is 132 g/mol. The molecule has 2 N–H and O–H groups in total. The Bertz CT molecular complexity index is 183. The second kappa shape index (κ2) is 2.52. The molecule has 1 aliphatic rings. The minimum Gasteiger partial charge on any atom is -0.386 e. The lowest BCUT2D eigenvalue weighted by Gasteiger charge is -2.08. The van der Waals surface area contributed by atoms with Crippen LogP contribution in [0.15, 0.2) is 11.6 Å². The molecule has 10 heavy (non-hydrogen) atoms. The quantitative estimate of drug-likeness (QED) is 0.525. The van der Waals surface area contributed by atoms with Gasteiger partial charge in [0.05, 0.1) is 0 Å². The fourth-order valence-electron chi connectivity index (χ4n) is 1.02. The molecule has 0 aliphatic heterocycles. The fraction of sp³-hybridized carbons (Fsp3) is 0.571. The van der Waals surface area contributed by atoms with Gasteiger partial charge in [-0.25, -0.2) is 0 Å². The molecule has 3 nitrogen and oxygen atoms in total. The van der Waals surface area contributed by atoms with Gasteiger partial charge in [0.2, 0.25) is 0 Å². The van der Waals surface area contributed by atoms with Crippen molar-refractivity contribution in [3.63, 3.8) is 0 Å². The van der Waals surface area contributed by atoms with Crippen molar-refractivity contribution in [2.75, 3.05) is 0 Å². The van der Waals surface area contributed by atoms with Crippen LogP contribution >= 0.6 is 0 Å². The third-order valence-electron chi connectivity index (χ3n) is 1.71. The van der Waals surface area contributed by atoms with Gasteiger partial charge in [0, 0.05) is 0 Å². The van der Waals surface area contributed by atoms with Crippen LogP contribution < -0.4 is 0 Å². The van der Waals surface area contributed by atoms with Crippen molar-refractivity contribution in [3.8, 4) is 0 Å². The van der Waals surface area contributed by atoms with Crippen LogP contribution in [0.25, 0.3) is 0 Å². The zero-order valence-electron chi connectivity index (χ0n) is 5.74. The minimum atomic E-state index is -1.21. The summed E-state index contributed by atoms with van der Waals surface area (Å²) in [5, 5.41) is 18.0. The van der Waals surface area contributed by atoms with E-state index in [1.54, 1.807) is 0 Å². The van der Waals surface area contributed by atoms with E-state index in [1.165, 1.54) is 6.08 Å². The number of aliphatic hydroxyl groups excluding tert-OH is 2. The van der Waals surface area contributed by atoms with E-state index in [0.717, 1.165) is 0 Å². The highest BCUT2D eigenvalue weighted by Gasteiger charge is 2.31. The van der Waals surface area contributed by atoms with Gasteiger partial charge < -0.3 is 10.2 Å². The maximum Gasteiger partial charge on any atom is 0.187 e. The third-order valence-corrected chi connectivity index (χ3v) is 1.71. The van der Waals surface area contributed by atoms with Crippen LogP contribution in [0.2, 0.25) is 0 Å². The number of ketones is 1. The zero-order chi connectivity index (χ0) is 7.72. The number of aliphatic hydroxyl groups is 2. The number of hydrogen-bond acceptors (Lipinski definition) is 3. The molecule has 0 aromatic heterocycles. The molecule has 2 atom stereocenters. The van der Waals surface area contributed by atoms with Crippen LogP contribution in [0.1, 0.15) is 13.3 Å². The van der Waals surface area contributed by atoms with Gasteiger partial charge in [0.25, 0.3) is 0 Å². The first kappa shape index (κ1) is 7.44. The Kier molecular flexibility index (Phi) is 1.87. The maximum absolute atomic E-state index is 10.7. The van der Waals surface area contributed by atoms with Gasteiger partial charge in [-0.1, -0.05) is 6.92 Å². The first-order valence-corrected chi connectivity index (χ1v) is 3.27. The Labute approximate surface area is 59.0 Å². The molecule has 3 heteroatoms. The molecule has 0 fully saturated rings. The number of carbonyl (C=O) groups excluding carboxylic acids is 1. The van der Waals surface area contributed by atoms with E-state index >= 15 is 0 Å². The SMILES string of the molecule is CCC1=CC(=O)[C@@H](O)[C@@H]1O. The number of carbonyl (C=O) groups is 1. The molecule has 0 aromatic carbocycles. The monoisotopic (exact) mass is 142 g/mol. The average molecular weight is 142 g/mol. The first-order chi connectivity index (χ1) is 4.66. The van der Waals surface area contributed by atoms with Gasteiger partial charge in [-0.15, -0.1) is 0 Å². The lowest BCUT2D eigenvalue weighted by Crippen LogP contribution is -2.27. The van der Waals surface area contributed by atoms with Crippen molar-refractivity contribution in [3.05, 3.63) is 11.6 Å². The van der Waals surface area contributed by atoms with Crippen LogP contribution in [0.5, 0.6) is 0 Å². The molecule has 56 valence electrons. The zero-order valence-corrected chi connectivity index (χ0v) is 5.74. The topological polar surface area (TPSA) is 57.5 Å². The molecule has 0 saturated heterocycles. The lowest BCUT2D eigenvalue weighted by molar-refractivity contribution is -0.124. The van der Waals surface area contributed by atoms with Crippen molar-refractivity contribution in [1.82, 2.24) is 0 Å². The largest absolute Gasteiger partial charge is 0.386 e. The van der Waals surface area contributed by atoms with E-state index in [1.807, 2.05) is 6.92 Å². The fourth-order valence-corrected chi connectivity index (χ4v) is 1.02. The van der Waals surface area contributed by atoms with Crippen LogP contribution in [0.3, 0.4) is 0 Å². The molecule has 0 heterocycles. The van der Waals surface area contributed by atoms with E-state index < -0.39 is 12.2 Å². The molecule has 0 bridgehead atoms. The summed E-state index contributed by atoms with van der Waals surface area (Å²) in [6.07, 6.45) is -0.244. The van der Waals surface area contributed by atoms with E-state index in [0.29, 0.717) is 12.0 Å². The molecule has 0 radical (unpaired) electrons. The highest BCUT2D eigenvalue weighted by molar-refractivity contribution is 5.97. The van der Waals surface area contributed by atoms with Gasteiger partial charge in [0.15, 0.2) is 5.78 Å². The third kappa shape index (κ3) is 0.978. The van der Waals surface area contributed by atoms with Crippen molar-refractivity contribution >= 4 is 5.78 Å². The summed E-state index contributed by atoms with van der Waals surface area (Å²) in [6, 6.07) is 0. The molecule has 0 amide bonds. The van der Waals surface area contributed by atoms with Crippen molar-refractivity contribution < 1.29 is 15.0 Å². The van der Waals surface area contributed by atoms with Crippen molar-refractivity contribution in [1.29, 1.82) is 0 Å². The molecule has 1 rings (SSSR count). The standard InChI is InChI=1S/C7H10O3/c1-2-4-3-5(8)7(10)6(4)9/h3,6-7,9-10H,2H2,1H3/t6-,7-/m1/s1. The van der Waals surface area contributed by atoms with Gasteiger partial charge in [-0.3, -0.25) is 4.79 Å². The van der Waals surface area contributed by atoms with E-state index in [4.69, 9.17) is 10.2 Å². The molecular formula is C7H10O3. The Morgan fingerprint density at radius 1 is 1.50 bits per heavy atom. The highest BCUT2D eigenvalue weighted by atomic mass is 16.3. The second-order valence-electron chi connectivity index (χ2n) is 2.36. The van der Waals surface area contributed by atoms with Crippen molar-refractivity contribution in [2.45, 2.75) is 25.6 Å². The van der Waals surface area contributed by atoms with Crippen LogP contribution in [-0.4, -0.2) is 28.2 Å². The Morgan fingerprint density at radius 2 is 2.10 bits per heavy atom. The van der Waals surface area contributed by atoms with E-state index in [-0.39, 0.29) is 5.78 Å². The summed E-state index contributed by atoms with van der Waals surface area (Å²) in [5.41, 5.74) is 0.623. The molecule has 1 aliphatic carbocycles. The van der Waals surface area contributed by atoms with E-state index in [9.17, 15) is 4.79 Å². The van der Waals surface area contributed by atoms with Crippen LogP contribution in [0.4, 0.5) is 0 Å². The predicted molar refractivity (Wildman–Crippen MR) is 35.4 cm³/mol. The van der Waals surface area contributed by atoms with E-state index in [2.05, 4.69) is 0 Å². The number of rotatable bonds is 1. The molecule has 0 spiro atoms. The normalized spacial score (nSPS) is 32.7. The lowest BCUT2D eigenvalue weighted by atomic mass is 10.1. The van der Waals surface area contributed by atoms with Gasteiger partial charge >= 0.3 is 0 Å². The molecule has 0 saturated carbocycles. The first-order valence-electron chi connectivity index (χ1n) is 3.27. The van der Waals surface area contributed by atoms with Crippen molar-refractivity contribution in [2.24, 2.45) is 0 Å². The highest BCUT2D eigenvalue weighted by Crippen LogP contribution is 2.18. The summed E-state index contributed by atoms with van der Waals surface area (Å²) in [4.78, 5) is 10.7. The summed E-state index contributed by atoms with van der Waals surface area (Å²) in [5.74, 6) is -0.385. The van der Waals surface area contributed by atoms with Crippen LogP contribution in [-0.2, 0) is 4.79 Å². The Hall–Kier alpha value is -0.670. The smallest absolute Gasteiger partial charge is 0.187 e. The molecule has 0 unspecified atom stereocenters. The van der Waals surface area contributed by atoms with Gasteiger partial charge in [-0.2, -0.15) is 0 Å². The second-order valence-corrected chi connectivity index (χ2v) is 2.36. The summed E-state index contributed by atoms with van der Waals surface area (Å²) >= 11 is 0. The predicted octanol–water partition coefficient (Wildman–Crippen LogP) is -0.373. The minimum absolute atomic E-state index is 0.385. The maximum atomic E-state index is 10.7. The van der Waals surface area contributed by atoms with Gasteiger partial charge in [-0.05, 0) is 18.1 Å². The summed E-state index contributed by atoms with van der Waals surface area (Å²) in [6.45, 7) is 1.83. The van der Waals surface area contributed by atoms with Crippen LogP contribution in [0, 0.1) is 0 Å². The Morgan fingerprint density at radius 3 is 2.30 bits per heavy atom. The van der Waals surface area contributed by atoms with Gasteiger partial charge in [0.1, 0.15) is 12.2 Å². The number of hydrogen-bond donors (Lipinski definition) is 2. The summed E-state index contributed by atoms with van der Waals surface area (Å²) in [7, 11) is 0. The average Bonchev–Trinajstić information content (AvgIpc) is 2.17. The summed E-state index contributed by atoms with van der Waals surface area (Å²) < 4.78 is 0. The Balaban J connectivity index is 2.78.